The molecule has 0 radical (unpaired) electrons. The Hall–Kier alpha value is -3.67. The van der Waals surface area contributed by atoms with Crippen molar-refractivity contribution in [1.29, 1.82) is 0 Å². The molecule has 6 heteroatoms. The Bertz CT molecular complexity index is 1480. The van der Waals surface area contributed by atoms with Crippen LogP contribution in [-0.2, 0) is 6.54 Å². The number of carbonyl (C=O) groups is 1. The molecule has 2 aliphatic rings. The van der Waals surface area contributed by atoms with Crippen LogP contribution in [-0.4, -0.2) is 23.6 Å². The van der Waals surface area contributed by atoms with Crippen LogP contribution in [0.3, 0.4) is 0 Å². The minimum Gasteiger partial charge on any atom is -0.494 e. The van der Waals surface area contributed by atoms with Crippen LogP contribution >= 0.6 is 0 Å². The molecule has 1 amide bonds. The van der Waals surface area contributed by atoms with Gasteiger partial charge >= 0.3 is 0 Å². The highest BCUT2D eigenvalue weighted by Crippen LogP contribution is 2.58. The number of carbonyl (C=O) groups excluding carboxylic acids is 1. The van der Waals surface area contributed by atoms with E-state index in [0.717, 1.165) is 35.4 Å². The summed E-state index contributed by atoms with van der Waals surface area (Å²) < 4.78 is 35.5. The minimum atomic E-state index is -0.399. The van der Waals surface area contributed by atoms with E-state index in [2.05, 4.69) is 12.2 Å². The van der Waals surface area contributed by atoms with Crippen LogP contribution in [0.15, 0.2) is 66.9 Å². The fourth-order valence-electron chi connectivity index (χ4n) is 6.55. The number of amides is 1. The molecule has 0 bridgehead atoms. The molecule has 0 saturated heterocycles. The highest BCUT2D eigenvalue weighted by molar-refractivity contribution is 6.06. The second-order valence-corrected chi connectivity index (χ2v) is 10.9. The van der Waals surface area contributed by atoms with Gasteiger partial charge in [-0.05, 0) is 84.0 Å². The molecule has 6 rings (SSSR count). The lowest BCUT2D eigenvalue weighted by Crippen LogP contribution is -2.55. The van der Waals surface area contributed by atoms with E-state index in [1.807, 2.05) is 35.0 Å². The van der Waals surface area contributed by atoms with Gasteiger partial charge in [-0.1, -0.05) is 37.3 Å². The lowest BCUT2D eigenvalue weighted by molar-refractivity contribution is -0.0399. The Morgan fingerprint density at radius 3 is 2.38 bits per heavy atom. The molecule has 0 unspecified atom stereocenters. The van der Waals surface area contributed by atoms with E-state index in [9.17, 15) is 13.6 Å². The van der Waals surface area contributed by atoms with E-state index in [1.165, 1.54) is 32.1 Å². The van der Waals surface area contributed by atoms with Crippen LogP contribution in [0, 0.1) is 23.0 Å². The van der Waals surface area contributed by atoms with E-state index in [0.29, 0.717) is 28.4 Å². The first kappa shape index (κ1) is 23.7. The molecule has 4 aromatic rings. The third-order valence-electron chi connectivity index (χ3n) is 8.17. The third kappa shape index (κ3) is 4.28. The molecule has 2 aliphatic carbocycles. The SMILES string of the molecule is COc1cc(-c2ccc(Cn3ccc4c(F)ccc(C(=O)NC5CC6(CC(C)C6)C5)c43)cc2)ccc1F. The number of fused-ring (bicyclic) bond motifs is 1. The number of aromatic nitrogens is 1. The molecule has 1 N–H and O–H groups in total. The Morgan fingerprint density at radius 1 is 0.973 bits per heavy atom. The van der Waals surface area contributed by atoms with Crippen LogP contribution in [0.4, 0.5) is 8.78 Å². The van der Waals surface area contributed by atoms with Gasteiger partial charge in [-0.25, -0.2) is 8.78 Å². The molecular weight excluding hydrogens is 470 g/mol. The third-order valence-corrected chi connectivity index (χ3v) is 8.17. The quantitative estimate of drug-likeness (QED) is 0.311. The number of nitrogens with one attached hydrogen (secondary N) is 1. The molecule has 1 aromatic heterocycles. The van der Waals surface area contributed by atoms with Gasteiger partial charge in [0.05, 0.1) is 18.2 Å². The molecule has 0 atom stereocenters. The number of hydrogen-bond donors (Lipinski definition) is 1. The summed E-state index contributed by atoms with van der Waals surface area (Å²) in [5, 5.41) is 3.64. The van der Waals surface area contributed by atoms with Crippen molar-refractivity contribution in [1.82, 2.24) is 9.88 Å². The molecule has 2 saturated carbocycles. The number of methoxy groups -OCH3 is 1. The first-order valence-corrected chi connectivity index (χ1v) is 12.9. The fraction of sp³-hybridized carbons (Fsp3) is 0.323. The van der Waals surface area contributed by atoms with E-state index < -0.39 is 5.82 Å². The van der Waals surface area contributed by atoms with Crippen molar-refractivity contribution in [3.8, 4) is 16.9 Å². The second-order valence-electron chi connectivity index (χ2n) is 10.9. The summed E-state index contributed by atoms with van der Waals surface area (Å²) in [5.74, 6) is 0.121. The first-order valence-electron chi connectivity index (χ1n) is 12.9. The second kappa shape index (κ2) is 9.02. The Labute approximate surface area is 215 Å². The summed E-state index contributed by atoms with van der Waals surface area (Å²) >= 11 is 0. The molecular formula is C31H30F2N2O2. The van der Waals surface area contributed by atoms with E-state index in [4.69, 9.17) is 4.74 Å². The van der Waals surface area contributed by atoms with Gasteiger partial charge in [0.15, 0.2) is 11.6 Å². The number of halogens is 2. The summed E-state index contributed by atoms with van der Waals surface area (Å²) in [6.07, 6.45) is 6.44. The van der Waals surface area contributed by atoms with E-state index in [-0.39, 0.29) is 23.5 Å². The highest BCUT2D eigenvalue weighted by Gasteiger charge is 2.51. The van der Waals surface area contributed by atoms with Gasteiger partial charge in [0.25, 0.3) is 5.91 Å². The minimum absolute atomic E-state index is 0.141. The monoisotopic (exact) mass is 500 g/mol. The summed E-state index contributed by atoms with van der Waals surface area (Å²) in [6.45, 7) is 2.78. The summed E-state index contributed by atoms with van der Waals surface area (Å²) in [5.41, 5.74) is 4.35. The van der Waals surface area contributed by atoms with Crippen molar-refractivity contribution in [2.75, 3.05) is 7.11 Å². The highest BCUT2D eigenvalue weighted by atomic mass is 19.1. The normalized spacial score (nSPS) is 22.5. The average Bonchev–Trinajstić information content (AvgIpc) is 3.27. The maximum absolute atomic E-state index is 14.7. The maximum Gasteiger partial charge on any atom is 0.253 e. The zero-order valence-corrected chi connectivity index (χ0v) is 21.1. The molecule has 2 fully saturated rings. The van der Waals surface area contributed by atoms with Crippen LogP contribution < -0.4 is 10.1 Å². The lowest BCUT2D eigenvalue weighted by atomic mass is 9.50. The van der Waals surface area contributed by atoms with Gasteiger partial charge in [-0.2, -0.15) is 0 Å². The van der Waals surface area contributed by atoms with Crippen molar-refractivity contribution in [2.45, 2.75) is 45.2 Å². The fourth-order valence-corrected chi connectivity index (χ4v) is 6.55. The van der Waals surface area contributed by atoms with Gasteiger partial charge in [0.1, 0.15) is 5.82 Å². The number of rotatable bonds is 6. The summed E-state index contributed by atoms with van der Waals surface area (Å²) in [4.78, 5) is 13.3. The smallest absolute Gasteiger partial charge is 0.253 e. The van der Waals surface area contributed by atoms with Crippen LogP contribution in [0.5, 0.6) is 5.75 Å². The Kier molecular flexibility index (Phi) is 5.78. The zero-order chi connectivity index (χ0) is 25.7. The Balaban J connectivity index is 1.22. The molecule has 3 aromatic carbocycles. The van der Waals surface area contributed by atoms with Gasteiger partial charge in [0.2, 0.25) is 0 Å². The molecule has 4 nitrogen and oxygen atoms in total. The first-order chi connectivity index (χ1) is 17.8. The van der Waals surface area contributed by atoms with Gasteiger partial charge in [0, 0.05) is 24.2 Å². The van der Waals surface area contributed by atoms with Crippen molar-refractivity contribution in [2.24, 2.45) is 11.3 Å². The predicted octanol–water partition coefficient (Wildman–Crippen LogP) is 6.95. The molecule has 37 heavy (non-hydrogen) atoms. The maximum atomic E-state index is 14.7. The largest absolute Gasteiger partial charge is 0.494 e. The average molecular weight is 501 g/mol. The van der Waals surface area contributed by atoms with Crippen molar-refractivity contribution < 1.29 is 18.3 Å². The Morgan fingerprint density at radius 2 is 1.68 bits per heavy atom. The van der Waals surface area contributed by atoms with E-state index >= 15 is 0 Å². The van der Waals surface area contributed by atoms with E-state index in [1.54, 1.807) is 24.3 Å². The molecule has 190 valence electrons. The van der Waals surface area contributed by atoms with Crippen molar-refractivity contribution in [3.63, 3.8) is 0 Å². The number of ether oxygens (including phenoxy) is 1. The van der Waals surface area contributed by atoms with Crippen LogP contribution in [0.25, 0.3) is 22.0 Å². The summed E-state index contributed by atoms with van der Waals surface area (Å²) in [7, 11) is 1.45. The van der Waals surface area contributed by atoms with Crippen molar-refractivity contribution in [3.05, 3.63) is 89.6 Å². The molecule has 1 heterocycles. The number of hydrogen-bond acceptors (Lipinski definition) is 2. The number of benzene rings is 3. The van der Waals surface area contributed by atoms with Gasteiger partial charge < -0.3 is 14.6 Å². The van der Waals surface area contributed by atoms with Gasteiger partial charge in [-0.3, -0.25) is 4.79 Å². The summed E-state index contributed by atoms with van der Waals surface area (Å²) in [6, 6.07) is 17.6. The zero-order valence-electron chi connectivity index (χ0n) is 21.1. The molecule has 0 aliphatic heterocycles. The van der Waals surface area contributed by atoms with Crippen LogP contribution in [0.2, 0.25) is 0 Å². The predicted molar refractivity (Wildman–Crippen MR) is 141 cm³/mol. The van der Waals surface area contributed by atoms with Crippen LogP contribution in [0.1, 0.15) is 48.5 Å². The number of nitrogens with zero attached hydrogens (tertiary/aromatic N) is 1. The van der Waals surface area contributed by atoms with Crippen molar-refractivity contribution >= 4 is 16.8 Å². The lowest BCUT2D eigenvalue weighted by Gasteiger charge is -2.57. The standard InChI is InChI=1S/C31H30F2N2O2/c1-19-14-31(15-19)16-23(17-31)34-30(36)25-8-10-26(32)24-11-12-35(29(24)25)18-20-3-5-21(6-4-20)22-7-9-27(33)28(13-22)37-2/h3-13,19,23H,14-18H2,1-2H3,(H,34,36). The van der Waals surface area contributed by atoms with Gasteiger partial charge in [-0.15, -0.1) is 0 Å². The topological polar surface area (TPSA) is 43.3 Å². The molecule has 1 spiro atoms.